The maximum Gasteiger partial charge on any atom is 0.331 e. The first-order valence-corrected chi connectivity index (χ1v) is 9.05. The lowest BCUT2D eigenvalue weighted by molar-refractivity contribution is -0.130. The number of hydrogen-bond donors (Lipinski definition) is 1. The van der Waals surface area contributed by atoms with Gasteiger partial charge in [0.15, 0.2) is 6.04 Å². The van der Waals surface area contributed by atoms with Crippen molar-refractivity contribution in [1.82, 2.24) is 14.7 Å². The van der Waals surface area contributed by atoms with Gasteiger partial charge in [-0.15, -0.1) is 0 Å². The number of aliphatic hydroxyl groups excluding tert-OH is 1. The lowest BCUT2D eigenvalue weighted by atomic mass is 10.0. The third kappa shape index (κ3) is 2.82. The summed E-state index contributed by atoms with van der Waals surface area (Å²) in [6.07, 6.45) is 0. The Bertz CT molecular complexity index is 1010. The molecule has 2 aliphatic rings. The number of aliphatic imine (C=N–C) groups is 2. The summed E-state index contributed by atoms with van der Waals surface area (Å²) in [5.74, 6) is 0.381. The predicted molar refractivity (Wildman–Crippen MR) is 106 cm³/mol. The second-order valence-corrected chi connectivity index (χ2v) is 6.78. The van der Waals surface area contributed by atoms with Crippen LogP contribution in [-0.4, -0.2) is 76.8 Å². The molecule has 0 saturated carbocycles. The Morgan fingerprint density at radius 1 is 1.07 bits per heavy atom. The van der Waals surface area contributed by atoms with Crippen molar-refractivity contribution in [2.45, 2.75) is 12.6 Å². The van der Waals surface area contributed by atoms with Crippen molar-refractivity contribution < 1.29 is 14.7 Å². The maximum absolute atomic E-state index is 12.9. The number of carbonyl (C=O) groups is 2. The SMILES string of the molecule is CN1C(=O)C2C(=NC(=NCCO)N2Cc2cccc3ccccc23)N(C)C1=O. The molecule has 2 aromatic rings. The number of hydrogen-bond acceptors (Lipinski definition) is 4. The molecule has 8 heteroatoms. The monoisotopic (exact) mass is 379 g/mol. The molecule has 2 heterocycles. The average molecular weight is 379 g/mol. The molecule has 1 saturated heterocycles. The minimum absolute atomic E-state index is 0.121. The number of aliphatic hydroxyl groups is 1. The highest BCUT2D eigenvalue weighted by Crippen LogP contribution is 2.27. The molecule has 144 valence electrons. The van der Waals surface area contributed by atoms with Crippen molar-refractivity contribution in [2.75, 3.05) is 27.2 Å². The first-order chi connectivity index (χ1) is 13.5. The van der Waals surface area contributed by atoms with Crippen molar-refractivity contribution >= 4 is 34.5 Å². The fraction of sp³-hybridized carbons (Fsp3) is 0.300. The molecular formula is C20H21N5O3. The summed E-state index contributed by atoms with van der Waals surface area (Å²) in [4.78, 5) is 38.3. The van der Waals surface area contributed by atoms with Crippen molar-refractivity contribution in [2.24, 2.45) is 9.98 Å². The number of carbonyl (C=O) groups excluding carboxylic acids is 2. The van der Waals surface area contributed by atoms with Gasteiger partial charge in [-0.05, 0) is 16.3 Å². The van der Waals surface area contributed by atoms with Crippen molar-refractivity contribution in [3.05, 3.63) is 48.0 Å². The topological polar surface area (TPSA) is 88.8 Å². The van der Waals surface area contributed by atoms with Gasteiger partial charge in [-0.2, -0.15) is 4.99 Å². The van der Waals surface area contributed by atoms with Gasteiger partial charge in [-0.3, -0.25) is 14.6 Å². The Hall–Kier alpha value is -3.26. The molecule has 1 atom stereocenters. The van der Waals surface area contributed by atoms with Crippen LogP contribution in [0.25, 0.3) is 10.8 Å². The number of fused-ring (bicyclic) bond motifs is 2. The van der Waals surface area contributed by atoms with Gasteiger partial charge in [0.2, 0.25) is 5.96 Å². The summed E-state index contributed by atoms with van der Waals surface area (Å²) < 4.78 is 0. The molecule has 1 N–H and O–H groups in total. The van der Waals surface area contributed by atoms with Crippen molar-refractivity contribution in [3.8, 4) is 0 Å². The highest BCUT2D eigenvalue weighted by atomic mass is 16.3. The Labute approximate surface area is 162 Å². The van der Waals surface area contributed by atoms with E-state index in [1.807, 2.05) is 42.5 Å². The number of imide groups is 1. The highest BCUT2D eigenvalue weighted by molar-refractivity contribution is 6.25. The van der Waals surface area contributed by atoms with Gasteiger partial charge >= 0.3 is 6.03 Å². The Morgan fingerprint density at radius 3 is 2.61 bits per heavy atom. The summed E-state index contributed by atoms with van der Waals surface area (Å²) in [6.45, 7) is 0.460. The molecule has 0 bridgehead atoms. The van der Waals surface area contributed by atoms with Gasteiger partial charge < -0.3 is 10.0 Å². The summed E-state index contributed by atoms with van der Waals surface area (Å²) in [6, 6.07) is 12.9. The van der Waals surface area contributed by atoms with E-state index in [0.717, 1.165) is 21.2 Å². The predicted octanol–water partition coefficient (Wildman–Crippen LogP) is 1.29. The second kappa shape index (κ2) is 7.05. The third-order valence-corrected chi connectivity index (χ3v) is 5.08. The van der Waals surface area contributed by atoms with Crippen LogP contribution in [0.3, 0.4) is 0 Å². The number of guanidine groups is 1. The Morgan fingerprint density at radius 2 is 1.82 bits per heavy atom. The van der Waals surface area contributed by atoms with Gasteiger partial charge in [0, 0.05) is 20.6 Å². The first kappa shape index (κ1) is 18.1. The zero-order valence-corrected chi connectivity index (χ0v) is 15.7. The molecule has 0 aliphatic carbocycles. The summed E-state index contributed by atoms with van der Waals surface area (Å²) in [5, 5.41) is 11.4. The number of urea groups is 1. The molecule has 3 amide bonds. The lowest BCUT2D eigenvalue weighted by Gasteiger charge is -2.36. The number of amides is 3. The first-order valence-electron chi connectivity index (χ1n) is 9.05. The van der Waals surface area contributed by atoms with Gasteiger partial charge in [0.25, 0.3) is 5.91 Å². The average Bonchev–Trinajstić information content (AvgIpc) is 3.07. The van der Waals surface area contributed by atoms with Gasteiger partial charge in [0.05, 0.1) is 13.2 Å². The summed E-state index contributed by atoms with van der Waals surface area (Å²) in [7, 11) is 3.07. The van der Waals surface area contributed by atoms with Crippen LogP contribution >= 0.6 is 0 Å². The van der Waals surface area contributed by atoms with Crippen LogP contribution in [0.2, 0.25) is 0 Å². The van der Waals surface area contributed by atoms with Crippen LogP contribution in [0.5, 0.6) is 0 Å². The van der Waals surface area contributed by atoms with E-state index in [0.29, 0.717) is 18.3 Å². The molecule has 4 rings (SSSR count). The number of benzene rings is 2. The second-order valence-electron chi connectivity index (χ2n) is 6.78. The van der Waals surface area contributed by atoms with E-state index < -0.39 is 12.1 Å². The number of rotatable bonds is 4. The quantitative estimate of drug-likeness (QED) is 0.867. The smallest absolute Gasteiger partial charge is 0.331 e. The summed E-state index contributed by atoms with van der Waals surface area (Å²) >= 11 is 0. The zero-order valence-electron chi connectivity index (χ0n) is 15.7. The maximum atomic E-state index is 12.9. The van der Waals surface area contributed by atoms with Crippen LogP contribution in [-0.2, 0) is 11.3 Å². The van der Waals surface area contributed by atoms with E-state index in [1.165, 1.54) is 11.9 Å². The minimum atomic E-state index is -0.718. The van der Waals surface area contributed by atoms with Crippen LogP contribution in [0.4, 0.5) is 4.79 Å². The van der Waals surface area contributed by atoms with Crippen LogP contribution < -0.4 is 0 Å². The normalized spacial score (nSPS) is 21.0. The molecule has 2 aliphatic heterocycles. The number of likely N-dealkylation sites (N-methyl/N-ethyl adjacent to an activating group) is 2. The number of nitrogens with zero attached hydrogens (tertiary/aromatic N) is 5. The van der Waals surface area contributed by atoms with E-state index in [9.17, 15) is 14.7 Å². The Balaban J connectivity index is 1.77. The minimum Gasteiger partial charge on any atom is -0.394 e. The molecule has 0 aromatic heterocycles. The molecule has 28 heavy (non-hydrogen) atoms. The molecular weight excluding hydrogens is 358 g/mol. The van der Waals surface area contributed by atoms with E-state index >= 15 is 0 Å². The highest BCUT2D eigenvalue weighted by Gasteiger charge is 2.48. The molecule has 2 aromatic carbocycles. The van der Waals surface area contributed by atoms with Crippen LogP contribution in [0.15, 0.2) is 52.4 Å². The number of amidine groups is 1. The zero-order chi connectivity index (χ0) is 19.8. The molecule has 1 fully saturated rings. The molecule has 0 spiro atoms. The van der Waals surface area contributed by atoms with Crippen LogP contribution in [0, 0.1) is 0 Å². The fourth-order valence-electron chi connectivity index (χ4n) is 3.64. The van der Waals surface area contributed by atoms with E-state index in [-0.39, 0.29) is 19.1 Å². The molecule has 0 radical (unpaired) electrons. The van der Waals surface area contributed by atoms with Crippen molar-refractivity contribution in [1.29, 1.82) is 0 Å². The van der Waals surface area contributed by atoms with Gasteiger partial charge in [0.1, 0.15) is 5.84 Å². The van der Waals surface area contributed by atoms with Crippen molar-refractivity contribution in [3.63, 3.8) is 0 Å². The fourth-order valence-corrected chi connectivity index (χ4v) is 3.64. The van der Waals surface area contributed by atoms with E-state index in [2.05, 4.69) is 9.98 Å². The van der Waals surface area contributed by atoms with Crippen LogP contribution in [0.1, 0.15) is 5.56 Å². The lowest BCUT2D eigenvalue weighted by Crippen LogP contribution is -2.62. The van der Waals surface area contributed by atoms with Gasteiger partial charge in [-0.1, -0.05) is 42.5 Å². The standard InChI is InChI=1S/C20H21N5O3/c1-23-17-16(18(27)24(2)20(23)28)25(19(22-17)21-10-11-26)12-14-8-5-7-13-6-3-4-9-15(13)14/h3-9,16,26H,10-12H2,1-2H3. The summed E-state index contributed by atoms with van der Waals surface area (Å²) in [5.41, 5.74) is 1.03. The largest absolute Gasteiger partial charge is 0.394 e. The molecule has 1 unspecified atom stereocenters. The van der Waals surface area contributed by atoms with Gasteiger partial charge in [-0.25, -0.2) is 9.79 Å². The van der Waals surface area contributed by atoms with E-state index in [4.69, 9.17) is 0 Å². The van der Waals surface area contributed by atoms with E-state index in [1.54, 1.807) is 11.9 Å². The third-order valence-electron chi connectivity index (χ3n) is 5.08. The Kier molecular flexibility index (Phi) is 4.56. The molecule has 8 nitrogen and oxygen atoms in total.